The van der Waals surface area contributed by atoms with Crippen LogP contribution in [-0.2, 0) is 4.84 Å². The Bertz CT molecular complexity index is 1780. The normalized spacial score (nSPS) is 12.2. The maximum Gasteiger partial charge on any atom is 0.297 e. The van der Waals surface area contributed by atoms with Gasteiger partial charge in [-0.2, -0.15) is 0 Å². The molecule has 1 atom stereocenters. The average Bonchev–Trinajstić information content (AvgIpc) is 3.26. The molecule has 0 radical (unpaired) electrons. The SMILES string of the molecule is CONC(=O)c1nc(Cl)ccc1O[C@H](C)c1cc(C)cc2c(=O)c(C)c(-c3ccc4nc(C)sc4c3)oc12. The van der Waals surface area contributed by atoms with E-state index in [1.807, 2.05) is 51.1 Å². The molecule has 194 valence electrons. The number of fused-ring (bicyclic) bond motifs is 2. The summed E-state index contributed by atoms with van der Waals surface area (Å²) >= 11 is 7.60. The van der Waals surface area contributed by atoms with Gasteiger partial charge in [0.05, 0.1) is 27.7 Å². The van der Waals surface area contributed by atoms with Crippen LogP contribution in [-0.4, -0.2) is 23.0 Å². The van der Waals surface area contributed by atoms with Gasteiger partial charge in [0.15, 0.2) is 16.9 Å². The largest absolute Gasteiger partial charge is 0.483 e. The molecular formula is C28H24ClN3O5S. The molecule has 0 aliphatic rings. The molecule has 1 N–H and O–H groups in total. The lowest BCUT2D eigenvalue weighted by Crippen LogP contribution is -2.24. The molecular weight excluding hydrogens is 526 g/mol. The molecule has 2 aromatic carbocycles. The van der Waals surface area contributed by atoms with Gasteiger partial charge < -0.3 is 9.15 Å². The van der Waals surface area contributed by atoms with Gasteiger partial charge in [-0.3, -0.25) is 14.4 Å². The molecule has 0 unspecified atom stereocenters. The van der Waals surface area contributed by atoms with Gasteiger partial charge in [-0.25, -0.2) is 15.4 Å². The third kappa shape index (κ3) is 4.76. The van der Waals surface area contributed by atoms with Crippen molar-refractivity contribution in [2.24, 2.45) is 0 Å². The lowest BCUT2D eigenvalue weighted by atomic mass is 10.00. The highest BCUT2D eigenvalue weighted by atomic mass is 35.5. The van der Waals surface area contributed by atoms with Crippen molar-refractivity contribution in [2.45, 2.75) is 33.8 Å². The molecule has 0 saturated heterocycles. The van der Waals surface area contributed by atoms with E-state index in [1.165, 1.54) is 13.2 Å². The topological polar surface area (TPSA) is 104 Å². The Morgan fingerprint density at radius 2 is 1.89 bits per heavy atom. The molecule has 10 heteroatoms. The minimum Gasteiger partial charge on any atom is -0.483 e. The number of pyridine rings is 1. The predicted octanol–water partition coefficient (Wildman–Crippen LogP) is 6.47. The van der Waals surface area contributed by atoms with Gasteiger partial charge in [-0.15, -0.1) is 11.3 Å². The number of thiazole rings is 1. The van der Waals surface area contributed by atoms with Gasteiger partial charge in [0.1, 0.15) is 22.6 Å². The number of nitrogens with zero attached hydrogens (tertiary/aromatic N) is 2. The summed E-state index contributed by atoms with van der Waals surface area (Å²) in [5, 5.41) is 1.55. The second kappa shape index (κ2) is 10.2. The third-order valence-corrected chi connectivity index (χ3v) is 7.27. The molecule has 0 spiro atoms. The van der Waals surface area contributed by atoms with Gasteiger partial charge in [0, 0.05) is 16.7 Å². The third-order valence-electron chi connectivity index (χ3n) is 6.13. The van der Waals surface area contributed by atoms with Crippen molar-refractivity contribution < 1.29 is 18.8 Å². The monoisotopic (exact) mass is 549 g/mol. The van der Waals surface area contributed by atoms with Crippen LogP contribution in [0.1, 0.15) is 45.2 Å². The molecule has 0 fully saturated rings. The second-order valence-electron chi connectivity index (χ2n) is 8.91. The molecule has 38 heavy (non-hydrogen) atoms. The first kappa shape index (κ1) is 25.8. The molecule has 3 aromatic heterocycles. The Labute approximate surface area is 227 Å². The van der Waals surface area contributed by atoms with Crippen LogP contribution in [0, 0.1) is 20.8 Å². The average molecular weight is 550 g/mol. The number of rotatable bonds is 6. The molecule has 0 saturated carbocycles. The lowest BCUT2D eigenvalue weighted by molar-refractivity contribution is 0.0526. The van der Waals surface area contributed by atoms with E-state index in [4.69, 9.17) is 25.6 Å². The first-order chi connectivity index (χ1) is 18.2. The van der Waals surface area contributed by atoms with Crippen molar-refractivity contribution in [2.75, 3.05) is 7.11 Å². The van der Waals surface area contributed by atoms with Crippen LogP contribution in [0.5, 0.6) is 5.75 Å². The zero-order valence-corrected chi connectivity index (χ0v) is 22.9. The number of nitrogens with one attached hydrogen (secondary N) is 1. The van der Waals surface area contributed by atoms with Crippen LogP contribution in [0.15, 0.2) is 51.7 Å². The number of ether oxygens (including phenoxy) is 1. The minimum atomic E-state index is -0.611. The number of hydrogen-bond donors (Lipinski definition) is 1. The number of amides is 1. The Morgan fingerprint density at radius 1 is 1.11 bits per heavy atom. The van der Waals surface area contributed by atoms with E-state index in [2.05, 4.69) is 15.4 Å². The van der Waals surface area contributed by atoms with Gasteiger partial charge in [0.2, 0.25) is 0 Å². The van der Waals surface area contributed by atoms with Crippen LogP contribution in [0.4, 0.5) is 0 Å². The highest BCUT2D eigenvalue weighted by Gasteiger charge is 2.23. The van der Waals surface area contributed by atoms with Crippen molar-refractivity contribution in [1.29, 1.82) is 0 Å². The Balaban J connectivity index is 1.64. The molecule has 5 aromatic rings. The summed E-state index contributed by atoms with van der Waals surface area (Å²) in [5.74, 6) is 0.0809. The number of benzene rings is 2. The van der Waals surface area contributed by atoms with E-state index < -0.39 is 12.0 Å². The first-order valence-corrected chi connectivity index (χ1v) is 13.0. The zero-order chi connectivity index (χ0) is 27.1. The summed E-state index contributed by atoms with van der Waals surface area (Å²) in [6.07, 6.45) is -0.611. The number of hydroxylamine groups is 1. The number of carbonyl (C=O) groups is 1. The number of aromatic nitrogens is 2. The standard InChI is InChI=1S/C28H24ClN3O5S/c1-13-10-18(15(3)36-21-8-9-23(29)31-24(21)28(34)32-35-5)27-19(11-13)25(33)14(2)26(37-27)17-6-7-20-22(12-17)38-16(4)30-20/h6-12,15H,1-5H3,(H,32,34)/t15-/m1/s1. The number of halogens is 1. The summed E-state index contributed by atoms with van der Waals surface area (Å²) in [6.45, 7) is 7.44. The van der Waals surface area contributed by atoms with Crippen molar-refractivity contribution in [3.8, 4) is 17.1 Å². The molecule has 0 bridgehead atoms. The van der Waals surface area contributed by atoms with Gasteiger partial charge in [0.25, 0.3) is 5.91 Å². The van der Waals surface area contributed by atoms with E-state index in [-0.39, 0.29) is 22.0 Å². The molecule has 1 amide bonds. The maximum atomic E-state index is 13.5. The smallest absolute Gasteiger partial charge is 0.297 e. The van der Waals surface area contributed by atoms with Crippen LogP contribution in [0.25, 0.3) is 32.5 Å². The number of carbonyl (C=O) groups excluding carboxylic acids is 1. The summed E-state index contributed by atoms with van der Waals surface area (Å²) in [5.41, 5.74) is 6.23. The second-order valence-corrected chi connectivity index (χ2v) is 10.5. The van der Waals surface area contributed by atoms with Crippen molar-refractivity contribution >= 4 is 50.0 Å². The van der Waals surface area contributed by atoms with Crippen LogP contribution >= 0.6 is 22.9 Å². The van der Waals surface area contributed by atoms with Crippen LogP contribution in [0.3, 0.4) is 0 Å². The Kier molecular flexibility index (Phi) is 6.92. The molecule has 0 aliphatic heterocycles. The summed E-state index contributed by atoms with van der Waals surface area (Å²) < 4.78 is 13.7. The van der Waals surface area contributed by atoms with Crippen molar-refractivity contribution in [3.05, 3.63) is 85.2 Å². The van der Waals surface area contributed by atoms with Crippen LogP contribution < -0.4 is 15.6 Å². The predicted molar refractivity (Wildman–Crippen MR) is 148 cm³/mol. The van der Waals surface area contributed by atoms with Gasteiger partial charge in [-0.1, -0.05) is 11.6 Å². The van der Waals surface area contributed by atoms with Gasteiger partial charge >= 0.3 is 0 Å². The molecule has 0 aliphatic carbocycles. The van der Waals surface area contributed by atoms with Crippen LogP contribution in [0.2, 0.25) is 5.15 Å². The summed E-state index contributed by atoms with van der Waals surface area (Å²) in [7, 11) is 1.32. The molecule has 8 nitrogen and oxygen atoms in total. The summed E-state index contributed by atoms with van der Waals surface area (Å²) in [6, 6.07) is 12.6. The highest BCUT2D eigenvalue weighted by Crippen LogP contribution is 2.35. The summed E-state index contributed by atoms with van der Waals surface area (Å²) in [4.78, 5) is 39.4. The van der Waals surface area contributed by atoms with Gasteiger partial charge in [-0.05, 0) is 75.7 Å². The number of aryl methyl sites for hydroxylation is 2. The van der Waals surface area contributed by atoms with Crippen molar-refractivity contribution in [3.63, 3.8) is 0 Å². The fraction of sp³-hybridized carbons (Fsp3) is 0.214. The Morgan fingerprint density at radius 3 is 2.66 bits per heavy atom. The van der Waals surface area contributed by atoms with E-state index in [1.54, 1.807) is 24.3 Å². The van der Waals surface area contributed by atoms with E-state index in [9.17, 15) is 9.59 Å². The molecule has 5 rings (SSSR count). The van der Waals surface area contributed by atoms with E-state index >= 15 is 0 Å². The minimum absolute atomic E-state index is 0.0331. The highest BCUT2D eigenvalue weighted by molar-refractivity contribution is 7.18. The maximum absolute atomic E-state index is 13.5. The van der Waals surface area contributed by atoms with Crippen molar-refractivity contribution in [1.82, 2.24) is 15.4 Å². The molecule has 3 heterocycles. The fourth-order valence-corrected chi connectivity index (χ4v) is 5.42. The Hall–Kier alpha value is -3.79. The lowest BCUT2D eigenvalue weighted by Gasteiger charge is -2.19. The van der Waals surface area contributed by atoms with E-state index in [0.717, 1.165) is 26.4 Å². The first-order valence-electron chi connectivity index (χ1n) is 11.8. The quantitative estimate of drug-likeness (QED) is 0.191. The number of hydrogen-bond acceptors (Lipinski definition) is 8. The zero-order valence-electron chi connectivity index (χ0n) is 21.3. The van der Waals surface area contributed by atoms with E-state index in [0.29, 0.717) is 27.9 Å². The fourth-order valence-electron chi connectivity index (χ4n) is 4.40.